The maximum absolute atomic E-state index is 3.51. The van der Waals surface area contributed by atoms with Crippen LogP contribution in [0.1, 0.15) is 13.3 Å². The third-order valence-corrected chi connectivity index (χ3v) is 4.53. The van der Waals surface area contributed by atoms with Crippen LogP contribution in [0.15, 0.2) is 28.7 Å². The Kier molecular flexibility index (Phi) is 5.25. The van der Waals surface area contributed by atoms with Crippen LogP contribution in [0.2, 0.25) is 0 Å². The first-order valence-electron chi connectivity index (χ1n) is 6.99. The largest absolute Gasteiger partial charge is 0.366 e. The van der Waals surface area contributed by atoms with Gasteiger partial charge in [0.15, 0.2) is 0 Å². The molecule has 2 atom stereocenters. The molecule has 0 spiro atoms. The quantitative estimate of drug-likeness (QED) is 0.917. The molecule has 0 saturated carbocycles. The summed E-state index contributed by atoms with van der Waals surface area (Å²) in [6, 6.07) is 9.87. The zero-order valence-corrected chi connectivity index (χ0v) is 13.7. The van der Waals surface area contributed by atoms with Crippen LogP contribution >= 0.6 is 15.9 Å². The van der Waals surface area contributed by atoms with E-state index in [1.807, 2.05) is 7.05 Å². The number of piperazine rings is 1. The van der Waals surface area contributed by atoms with E-state index in [0.29, 0.717) is 12.1 Å². The third-order valence-electron chi connectivity index (χ3n) is 4.00. The predicted octanol–water partition coefficient (Wildman–Crippen LogP) is 2.57. The second-order valence-corrected chi connectivity index (χ2v) is 6.38. The number of anilines is 1. The Bertz CT molecular complexity index is 393. The average molecular weight is 326 g/mol. The highest BCUT2D eigenvalue weighted by molar-refractivity contribution is 9.10. The van der Waals surface area contributed by atoms with Gasteiger partial charge in [-0.3, -0.25) is 4.90 Å². The van der Waals surface area contributed by atoms with E-state index in [1.165, 1.54) is 12.1 Å². The zero-order chi connectivity index (χ0) is 13.8. The second kappa shape index (κ2) is 6.73. The van der Waals surface area contributed by atoms with Crippen LogP contribution in [-0.2, 0) is 0 Å². The summed E-state index contributed by atoms with van der Waals surface area (Å²) >= 11 is 3.51. The highest BCUT2D eigenvalue weighted by Gasteiger charge is 2.28. The number of hydrogen-bond acceptors (Lipinski definition) is 3. The standard InChI is InChI=1S/C15H24BrN3/c1-12-10-18(3)15(8-9-17-2)11-19(12)14-6-4-13(16)5-7-14/h4-7,12,15,17H,8-11H2,1-3H3. The summed E-state index contributed by atoms with van der Waals surface area (Å²) in [7, 11) is 4.27. The number of halogens is 1. The molecule has 0 aromatic heterocycles. The molecule has 19 heavy (non-hydrogen) atoms. The fraction of sp³-hybridized carbons (Fsp3) is 0.600. The lowest BCUT2D eigenvalue weighted by molar-refractivity contribution is 0.183. The molecule has 1 saturated heterocycles. The van der Waals surface area contributed by atoms with E-state index >= 15 is 0 Å². The van der Waals surface area contributed by atoms with Crippen molar-refractivity contribution in [2.75, 3.05) is 38.6 Å². The van der Waals surface area contributed by atoms with Gasteiger partial charge >= 0.3 is 0 Å². The molecular weight excluding hydrogens is 302 g/mol. The smallest absolute Gasteiger partial charge is 0.0389 e. The second-order valence-electron chi connectivity index (χ2n) is 5.46. The van der Waals surface area contributed by atoms with Crippen LogP contribution in [0.4, 0.5) is 5.69 Å². The van der Waals surface area contributed by atoms with Gasteiger partial charge in [0.25, 0.3) is 0 Å². The molecule has 1 aliphatic rings. The molecule has 1 aromatic rings. The summed E-state index contributed by atoms with van der Waals surface area (Å²) in [6.07, 6.45) is 1.20. The number of nitrogens with zero attached hydrogens (tertiary/aromatic N) is 2. The van der Waals surface area contributed by atoms with Crippen molar-refractivity contribution in [2.24, 2.45) is 0 Å². The van der Waals surface area contributed by atoms with Gasteiger partial charge in [0.2, 0.25) is 0 Å². The van der Waals surface area contributed by atoms with Crippen molar-refractivity contribution < 1.29 is 0 Å². The van der Waals surface area contributed by atoms with E-state index < -0.39 is 0 Å². The summed E-state index contributed by atoms with van der Waals surface area (Å²) < 4.78 is 1.14. The van der Waals surface area contributed by atoms with Gasteiger partial charge in [0, 0.05) is 35.3 Å². The minimum atomic E-state index is 0.567. The monoisotopic (exact) mass is 325 g/mol. The maximum Gasteiger partial charge on any atom is 0.0389 e. The van der Waals surface area contributed by atoms with Crippen LogP contribution in [0.25, 0.3) is 0 Å². The number of rotatable bonds is 4. The predicted molar refractivity (Wildman–Crippen MR) is 85.9 cm³/mol. The molecule has 4 heteroatoms. The molecule has 0 radical (unpaired) electrons. The number of likely N-dealkylation sites (N-methyl/N-ethyl adjacent to an activating group) is 1. The van der Waals surface area contributed by atoms with Gasteiger partial charge in [-0.1, -0.05) is 15.9 Å². The van der Waals surface area contributed by atoms with E-state index in [-0.39, 0.29) is 0 Å². The molecule has 1 heterocycles. The van der Waals surface area contributed by atoms with Crippen molar-refractivity contribution in [2.45, 2.75) is 25.4 Å². The zero-order valence-electron chi connectivity index (χ0n) is 12.1. The molecule has 0 amide bonds. The van der Waals surface area contributed by atoms with Crippen LogP contribution in [-0.4, -0.2) is 50.7 Å². The lowest BCUT2D eigenvalue weighted by Gasteiger charge is -2.45. The molecule has 2 unspecified atom stereocenters. The van der Waals surface area contributed by atoms with Gasteiger partial charge in [-0.25, -0.2) is 0 Å². The van der Waals surface area contributed by atoms with Gasteiger partial charge in [-0.15, -0.1) is 0 Å². The normalized spacial score (nSPS) is 24.7. The molecule has 2 rings (SSSR count). The van der Waals surface area contributed by atoms with E-state index in [4.69, 9.17) is 0 Å². The van der Waals surface area contributed by atoms with E-state index in [2.05, 4.69) is 69.3 Å². The minimum Gasteiger partial charge on any atom is -0.366 e. The van der Waals surface area contributed by atoms with Gasteiger partial charge in [0.05, 0.1) is 0 Å². The van der Waals surface area contributed by atoms with Crippen LogP contribution in [0, 0.1) is 0 Å². The Morgan fingerprint density at radius 3 is 2.58 bits per heavy atom. The maximum atomic E-state index is 3.51. The number of benzene rings is 1. The van der Waals surface area contributed by atoms with Crippen LogP contribution in [0.5, 0.6) is 0 Å². The Hall–Kier alpha value is -0.580. The first-order valence-corrected chi connectivity index (χ1v) is 7.78. The van der Waals surface area contributed by atoms with Gasteiger partial charge in [0.1, 0.15) is 0 Å². The molecule has 1 aliphatic heterocycles. The van der Waals surface area contributed by atoms with Crippen LogP contribution < -0.4 is 10.2 Å². The van der Waals surface area contributed by atoms with Gasteiger partial charge in [-0.2, -0.15) is 0 Å². The van der Waals surface area contributed by atoms with Crippen molar-refractivity contribution in [3.8, 4) is 0 Å². The molecule has 1 fully saturated rings. The van der Waals surface area contributed by atoms with Crippen LogP contribution in [0.3, 0.4) is 0 Å². The third kappa shape index (κ3) is 3.71. The van der Waals surface area contributed by atoms with Gasteiger partial charge < -0.3 is 10.2 Å². The summed E-state index contributed by atoms with van der Waals surface area (Å²) in [4.78, 5) is 5.03. The average Bonchev–Trinajstić information content (AvgIpc) is 2.39. The van der Waals surface area contributed by atoms with E-state index in [1.54, 1.807) is 0 Å². The molecule has 106 valence electrons. The topological polar surface area (TPSA) is 18.5 Å². The molecular formula is C15H24BrN3. The fourth-order valence-electron chi connectivity index (χ4n) is 2.83. The van der Waals surface area contributed by atoms with Crippen molar-refractivity contribution in [1.29, 1.82) is 0 Å². The Morgan fingerprint density at radius 1 is 1.26 bits per heavy atom. The molecule has 0 bridgehead atoms. The lowest BCUT2D eigenvalue weighted by atomic mass is 10.0. The Labute approximate surface area is 125 Å². The van der Waals surface area contributed by atoms with Crippen molar-refractivity contribution in [3.63, 3.8) is 0 Å². The summed E-state index contributed by atoms with van der Waals surface area (Å²) in [5.74, 6) is 0. The molecule has 1 aromatic carbocycles. The molecule has 0 aliphatic carbocycles. The molecule has 1 N–H and O–H groups in total. The highest BCUT2D eigenvalue weighted by atomic mass is 79.9. The number of nitrogens with one attached hydrogen (secondary N) is 1. The highest BCUT2D eigenvalue weighted by Crippen LogP contribution is 2.25. The van der Waals surface area contributed by atoms with Crippen molar-refractivity contribution in [1.82, 2.24) is 10.2 Å². The summed E-state index contributed by atoms with van der Waals surface area (Å²) in [5.41, 5.74) is 1.33. The first kappa shape index (κ1) is 14.8. The van der Waals surface area contributed by atoms with E-state index in [0.717, 1.165) is 24.1 Å². The van der Waals surface area contributed by atoms with E-state index in [9.17, 15) is 0 Å². The molecule has 3 nitrogen and oxygen atoms in total. The SMILES string of the molecule is CNCCC1CN(c2ccc(Br)cc2)C(C)CN1C. The fourth-order valence-corrected chi connectivity index (χ4v) is 3.09. The van der Waals surface area contributed by atoms with Crippen molar-refractivity contribution >= 4 is 21.6 Å². The van der Waals surface area contributed by atoms with Gasteiger partial charge in [-0.05, 0) is 58.3 Å². The Morgan fingerprint density at radius 2 is 1.95 bits per heavy atom. The lowest BCUT2D eigenvalue weighted by Crippen LogP contribution is -2.56. The summed E-state index contributed by atoms with van der Waals surface area (Å²) in [5, 5.41) is 3.26. The number of hydrogen-bond donors (Lipinski definition) is 1. The summed E-state index contributed by atoms with van der Waals surface area (Å²) in [6.45, 7) is 5.63. The Balaban J connectivity index is 2.08. The minimum absolute atomic E-state index is 0.567. The first-order chi connectivity index (χ1) is 9.11. The van der Waals surface area contributed by atoms with Crippen molar-refractivity contribution in [3.05, 3.63) is 28.7 Å².